The van der Waals surface area contributed by atoms with Gasteiger partial charge in [0.25, 0.3) is 0 Å². The third-order valence-electron chi connectivity index (χ3n) is 3.25. The van der Waals surface area contributed by atoms with Crippen molar-refractivity contribution in [2.45, 2.75) is 25.8 Å². The largest absolute Gasteiger partial charge is 1.00 e. The van der Waals surface area contributed by atoms with Crippen LogP contribution in [0.3, 0.4) is 0 Å². The minimum absolute atomic E-state index is 0. The average Bonchev–Trinajstić information content (AvgIpc) is 2.53. The zero-order valence-corrected chi connectivity index (χ0v) is 19.5. The highest BCUT2D eigenvalue weighted by atomic mass is 35.5. The fourth-order valence-electron chi connectivity index (χ4n) is 1.76. The molecule has 0 saturated heterocycles. The molecule has 9 heteroatoms. The van der Waals surface area contributed by atoms with Gasteiger partial charge in [-0.3, -0.25) is 4.79 Å². The summed E-state index contributed by atoms with van der Waals surface area (Å²) in [5.74, 6) is 0.798. The SMILES string of the molecule is C=C(C)C(=O)NCCC[N+](C)(C)C.CO[Si](CCCS)(OC)OC.[Cl-]. The summed E-state index contributed by atoms with van der Waals surface area (Å²) >= 11 is 4.10. The third kappa shape index (κ3) is 17.1. The van der Waals surface area contributed by atoms with E-state index in [2.05, 4.69) is 45.7 Å². The van der Waals surface area contributed by atoms with E-state index in [9.17, 15) is 4.79 Å². The monoisotopic (exact) mass is 416 g/mol. The predicted molar refractivity (Wildman–Crippen MR) is 105 cm³/mol. The smallest absolute Gasteiger partial charge is 0.500 e. The van der Waals surface area contributed by atoms with Gasteiger partial charge in [0.15, 0.2) is 0 Å². The van der Waals surface area contributed by atoms with Crippen LogP contribution in [-0.4, -0.2) is 80.5 Å². The Balaban J connectivity index is -0.000000377. The summed E-state index contributed by atoms with van der Waals surface area (Å²) in [6.45, 7) is 7.09. The second-order valence-corrected chi connectivity index (χ2v) is 10.1. The molecule has 0 aromatic rings. The zero-order chi connectivity index (χ0) is 19.2. The molecule has 1 amide bonds. The fourth-order valence-corrected chi connectivity index (χ4v) is 3.94. The highest BCUT2D eigenvalue weighted by Gasteiger charge is 2.36. The molecule has 0 aliphatic heterocycles. The highest BCUT2D eigenvalue weighted by molar-refractivity contribution is 7.80. The molecule has 0 rings (SSSR count). The molecule has 1 N–H and O–H groups in total. The molecular formula is C16H37ClN2O4SSi. The first-order valence-electron chi connectivity index (χ1n) is 8.08. The van der Waals surface area contributed by atoms with Crippen LogP contribution < -0.4 is 17.7 Å². The molecule has 0 aliphatic carbocycles. The van der Waals surface area contributed by atoms with Crippen LogP contribution >= 0.6 is 12.6 Å². The number of rotatable bonds is 11. The number of thiol groups is 1. The molecule has 0 unspecified atom stereocenters. The lowest BCUT2D eigenvalue weighted by Gasteiger charge is -2.23. The van der Waals surface area contributed by atoms with E-state index in [1.807, 2.05) is 0 Å². The normalized spacial score (nSPS) is 11.0. The van der Waals surface area contributed by atoms with Gasteiger partial charge >= 0.3 is 8.80 Å². The summed E-state index contributed by atoms with van der Waals surface area (Å²) in [4.78, 5) is 11.1. The molecule has 0 heterocycles. The first kappa shape index (κ1) is 29.7. The van der Waals surface area contributed by atoms with E-state index in [1.54, 1.807) is 28.3 Å². The van der Waals surface area contributed by atoms with Crippen molar-refractivity contribution < 1.29 is 35.0 Å². The third-order valence-corrected chi connectivity index (χ3v) is 6.40. The number of amides is 1. The summed E-state index contributed by atoms with van der Waals surface area (Å²) in [7, 11) is 9.00. The van der Waals surface area contributed by atoms with Crippen molar-refractivity contribution >= 4 is 27.3 Å². The van der Waals surface area contributed by atoms with Crippen molar-refractivity contribution in [2.24, 2.45) is 0 Å². The van der Waals surface area contributed by atoms with Crippen molar-refractivity contribution in [3.63, 3.8) is 0 Å². The Labute approximate surface area is 167 Å². The van der Waals surface area contributed by atoms with Crippen LogP contribution in [0.15, 0.2) is 12.2 Å². The van der Waals surface area contributed by atoms with Crippen LogP contribution in [0.5, 0.6) is 0 Å². The van der Waals surface area contributed by atoms with E-state index >= 15 is 0 Å². The average molecular weight is 417 g/mol. The second-order valence-electron chi connectivity index (χ2n) is 6.53. The molecule has 0 aromatic heterocycles. The van der Waals surface area contributed by atoms with Crippen LogP contribution in [0.1, 0.15) is 19.8 Å². The van der Waals surface area contributed by atoms with E-state index < -0.39 is 8.80 Å². The van der Waals surface area contributed by atoms with Gasteiger partial charge in [-0.05, 0) is 19.1 Å². The van der Waals surface area contributed by atoms with Crippen LogP contribution in [0, 0.1) is 0 Å². The molecule has 0 saturated carbocycles. The van der Waals surface area contributed by atoms with Gasteiger partial charge in [-0.25, -0.2) is 0 Å². The van der Waals surface area contributed by atoms with E-state index in [0.717, 1.165) is 42.2 Å². The zero-order valence-electron chi connectivity index (χ0n) is 16.9. The number of hydrogen-bond acceptors (Lipinski definition) is 5. The molecule has 0 aromatic carbocycles. The summed E-state index contributed by atoms with van der Waals surface area (Å²) < 4.78 is 16.5. The van der Waals surface area contributed by atoms with E-state index in [4.69, 9.17) is 13.3 Å². The van der Waals surface area contributed by atoms with Crippen molar-refractivity contribution in [3.8, 4) is 0 Å². The van der Waals surface area contributed by atoms with Crippen molar-refractivity contribution in [3.05, 3.63) is 12.2 Å². The molecule has 152 valence electrons. The Bertz CT molecular complexity index is 356. The fraction of sp³-hybridized carbons (Fsp3) is 0.812. The number of hydrogen-bond donors (Lipinski definition) is 2. The number of nitrogens with zero attached hydrogens (tertiary/aromatic N) is 1. The molecule has 0 aliphatic rings. The standard InChI is InChI=1S/C10H20N2O.C6H16O3SSi.ClH/c1-9(2)10(13)11-7-6-8-12(3,4)5;1-7-11(8-2,9-3)6-4-5-10;/h1,6-8H2,2-5H3;10H,4-6H2,1-3H3;1H. The number of carbonyl (C=O) groups is 1. The molecule has 0 bridgehead atoms. The Kier molecular flexibility index (Phi) is 19.1. The van der Waals surface area contributed by atoms with Crippen molar-refractivity contribution in [1.82, 2.24) is 5.32 Å². The Morgan fingerprint density at radius 2 is 1.60 bits per heavy atom. The molecule has 0 radical (unpaired) electrons. The number of halogens is 1. The summed E-state index contributed by atoms with van der Waals surface area (Å²) in [5, 5.41) is 2.81. The van der Waals surface area contributed by atoms with E-state index in [-0.39, 0.29) is 18.3 Å². The van der Waals surface area contributed by atoms with Gasteiger partial charge in [-0.1, -0.05) is 6.58 Å². The Hall–Kier alpha value is -0.0931. The number of carbonyl (C=O) groups excluding carboxylic acids is 1. The quantitative estimate of drug-likeness (QED) is 0.148. The van der Waals surface area contributed by atoms with Crippen molar-refractivity contribution in [2.75, 3.05) is 61.3 Å². The topological polar surface area (TPSA) is 56.8 Å². The van der Waals surface area contributed by atoms with Gasteiger partial charge in [0, 0.05) is 45.9 Å². The first-order valence-corrected chi connectivity index (χ1v) is 10.6. The Morgan fingerprint density at radius 1 is 1.12 bits per heavy atom. The van der Waals surface area contributed by atoms with Crippen molar-refractivity contribution in [1.29, 1.82) is 0 Å². The van der Waals surface area contributed by atoms with Crippen LogP contribution in [0.2, 0.25) is 6.04 Å². The lowest BCUT2D eigenvalue weighted by atomic mass is 10.3. The van der Waals surface area contributed by atoms with Crippen LogP contribution in [-0.2, 0) is 18.1 Å². The molecular weight excluding hydrogens is 380 g/mol. The molecule has 6 nitrogen and oxygen atoms in total. The highest BCUT2D eigenvalue weighted by Crippen LogP contribution is 2.14. The van der Waals surface area contributed by atoms with E-state index in [0.29, 0.717) is 5.57 Å². The maximum atomic E-state index is 11.1. The molecule has 25 heavy (non-hydrogen) atoms. The van der Waals surface area contributed by atoms with Gasteiger partial charge in [-0.2, -0.15) is 12.6 Å². The summed E-state index contributed by atoms with van der Waals surface area (Å²) in [6, 6.07) is 0.833. The Morgan fingerprint density at radius 3 is 1.92 bits per heavy atom. The van der Waals surface area contributed by atoms with Gasteiger partial charge in [0.2, 0.25) is 5.91 Å². The maximum absolute atomic E-state index is 11.1. The number of quaternary nitrogens is 1. The minimum atomic E-state index is -2.29. The summed E-state index contributed by atoms with van der Waals surface area (Å²) in [6.07, 6.45) is 1.97. The van der Waals surface area contributed by atoms with Gasteiger partial charge in [0.05, 0.1) is 27.7 Å². The summed E-state index contributed by atoms with van der Waals surface area (Å²) in [5.41, 5.74) is 0.574. The predicted octanol–water partition coefficient (Wildman–Crippen LogP) is -1.04. The van der Waals surface area contributed by atoms with Gasteiger partial charge < -0.3 is 35.5 Å². The van der Waals surface area contributed by atoms with E-state index in [1.165, 1.54) is 0 Å². The maximum Gasteiger partial charge on any atom is 0.500 e. The molecule has 0 fully saturated rings. The van der Waals surface area contributed by atoms with Gasteiger partial charge in [0.1, 0.15) is 0 Å². The first-order chi connectivity index (χ1) is 11.1. The van der Waals surface area contributed by atoms with Crippen LogP contribution in [0.4, 0.5) is 0 Å². The molecule has 0 spiro atoms. The number of nitrogens with one attached hydrogen (secondary N) is 1. The lowest BCUT2D eigenvalue weighted by Crippen LogP contribution is -3.00. The lowest BCUT2D eigenvalue weighted by molar-refractivity contribution is -0.870. The molecule has 0 atom stereocenters. The minimum Gasteiger partial charge on any atom is -1.00 e. The second kappa shape index (κ2) is 16.1. The van der Waals surface area contributed by atoms with Crippen LogP contribution in [0.25, 0.3) is 0 Å². The van der Waals surface area contributed by atoms with Gasteiger partial charge in [-0.15, -0.1) is 0 Å².